The van der Waals surface area contributed by atoms with E-state index in [0.29, 0.717) is 18.3 Å². The van der Waals surface area contributed by atoms with Gasteiger partial charge in [-0.2, -0.15) is 4.98 Å². The van der Waals surface area contributed by atoms with Crippen molar-refractivity contribution in [2.75, 3.05) is 13.6 Å². The average Bonchev–Trinajstić information content (AvgIpc) is 3.25. The topological polar surface area (TPSA) is 84.2 Å². The zero-order valence-corrected chi connectivity index (χ0v) is 14.0. The first-order valence-corrected chi connectivity index (χ1v) is 8.29. The molecule has 3 aromatic heterocycles. The third-order valence-electron chi connectivity index (χ3n) is 3.26. The van der Waals surface area contributed by atoms with E-state index in [1.54, 1.807) is 12.4 Å². The fourth-order valence-corrected chi connectivity index (χ4v) is 2.81. The molecule has 0 saturated carbocycles. The van der Waals surface area contributed by atoms with E-state index in [2.05, 4.69) is 20.4 Å². The van der Waals surface area contributed by atoms with Gasteiger partial charge in [0.1, 0.15) is 0 Å². The van der Waals surface area contributed by atoms with Gasteiger partial charge in [0.2, 0.25) is 5.91 Å². The molecule has 0 fully saturated rings. The van der Waals surface area contributed by atoms with Crippen LogP contribution in [-0.4, -0.2) is 39.5 Å². The van der Waals surface area contributed by atoms with Crippen LogP contribution in [0.1, 0.15) is 11.4 Å². The van der Waals surface area contributed by atoms with E-state index in [1.165, 1.54) is 11.3 Å². The summed E-state index contributed by atoms with van der Waals surface area (Å²) in [6.07, 6.45) is 3.48. The van der Waals surface area contributed by atoms with Gasteiger partial charge in [0.25, 0.3) is 5.89 Å². The summed E-state index contributed by atoms with van der Waals surface area (Å²) in [4.78, 5) is 23.1. The van der Waals surface area contributed by atoms with Crippen LogP contribution in [0.15, 0.2) is 46.6 Å². The van der Waals surface area contributed by atoms with Gasteiger partial charge in [0, 0.05) is 18.9 Å². The molecule has 3 rings (SSSR count). The minimum absolute atomic E-state index is 0.0889. The monoisotopic (exact) mass is 343 g/mol. The third-order valence-corrected chi connectivity index (χ3v) is 4.12. The van der Waals surface area contributed by atoms with Gasteiger partial charge in [-0.25, -0.2) is 0 Å². The number of nitrogens with zero attached hydrogens (tertiary/aromatic N) is 4. The number of hydrogen-bond donors (Lipinski definition) is 1. The van der Waals surface area contributed by atoms with Crippen LogP contribution in [0.3, 0.4) is 0 Å². The van der Waals surface area contributed by atoms with Gasteiger partial charge >= 0.3 is 0 Å². The summed E-state index contributed by atoms with van der Waals surface area (Å²) in [6, 6.07) is 7.69. The van der Waals surface area contributed by atoms with Crippen molar-refractivity contribution >= 4 is 17.2 Å². The Morgan fingerprint density at radius 1 is 1.33 bits per heavy atom. The first-order chi connectivity index (χ1) is 11.7. The summed E-state index contributed by atoms with van der Waals surface area (Å²) in [5.41, 5.74) is 1.11. The molecule has 0 saturated heterocycles. The van der Waals surface area contributed by atoms with Crippen molar-refractivity contribution in [1.82, 2.24) is 25.3 Å². The van der Waals surface area contributed by atoms with E-state index in [0.717, 1.165) is 10.4 Å². The van der Waals surface area contributed by atoms with Gasteiger partial charge in [-0.3, -0.25) is 14.7 Å². The molecule has 7 nitrogen and oxygen atoms in total. The summed E-state index contributed by atoms with van der Waals surface area (Å²) >= 11 is 1.53. The number of amides is 1. The lowest BCUT2D eigenvalue weighted by Crippen LogP contribution is -2.34. The molecular weight excluding hydrogens is 326 g/mol. The van der Waals surface area contributed by atoms with E-state index >= 15 is 0 Å². The fourth-order valence-electron chi connectivity index (χ4n) is 2.16. The number of rotatable bonds is 7. The van der Waals surface area contributed by atoms with E-state index in [1.807, 2.05) is 41.6 Å². The second kappa shape index (κ2) is 7.80. The van der Waals surface area contributed by atoms with E-state index in [4.69, 9.17) is 4.52 Å². The highest BCUT2D eigenvalue weighted by atomic mass is 32.1. The number of aromatic nitrogens is 3. The van der Waals surface area contributed by atoms with Gasteiger partial charge < -0.3 is 9.84 Å². The van der Waals surface area contributed by atoms with Crippen molar-refractivity contribution in [3.05, 3.63) is 53.4 Å². The molecule has 124 valence electrons. The molecule has 8 heteroatoms. The van der Waals surface area contributed by atoms with Crippen LogP contribution in [0, 0.1) is 0 Å². The molecule has 0 atom stereocenters. The lowest BCUT2D eigenvalue weighted by atomic mass is 10.2. The van der Waals surface area contributed by atoms with Crippen LogP contribution in [0.4, 0.5) is 0 Å². The Balaban J connectivity index is 1.45. The lowest BCUT2D eigenvalue weighted by molar-refractivity contribution is -0.122. The summed E-state index contributed by atoms with van der Waals surface area (Å²) in [6.45, 7) is 1.22. The first-order valence-electron chi connectivity index (χ1n) is 7.41. The van der Waals surface area contributed by atoms with Crippen LogP contribution in [-0.2, 0) is 17.9 Å². The molecule has 0 aliphatic rings. The van der Waals surface area contributed by atoms with Gasteiger partial charge in [-0.1, -0.05) is 11.2 Å². The SMILES string of the molecule is CN(CC(=O)NCc1noc(-c2cccs2)n1)Cc1ccncc1. The summed E-state index contributed by atoms with van der Waals surface area (Å²) < 4.78 is 5.18. The molecule has 0 aliphatic carbocycles. The number of carbonyl (C=O) groups is 1. The molecule has 24 heavy (non-hydrogen) atoms. The maximum absolute atomic E-state index is 12.0. The van der Waals surface area contributed by atoms with Gasteiger partial charge in [0.05, 0.1) is 18.0 Å². The minimum Gasteiger partial charge on any atom is -0.348 e. The molecular formula is C16H17N5O2S. The summed E-state index contributed by atoms with van der Waals surface area (Å²) in [5.74, 6) is 0.849. The van der Waals surface area contributed by atoms with Gasteiger partial charge in [-0.15, -0.1) is 11.3 Å². The zero-order chi connectivity index (χ0) is 16.8. The summed E-state index contributed by atoms with van der Waals surface area (Å²) in [7, 11) is 1.89. The van der Waals surface area contributed by atoms with Crippen LogP contribution >= 0.6 is 11.3 Å². The van der Waals surface area contributed by atoms with Crippen molar-refractivity contribution in [2.24, 2.45) is 0 Å². The summed E-state index contributed by atoms with van der Waals surface area (Å²) in [5, 5.41) is 8.62. The Hall–Kier alpha value is -2.58. The van der Waals surface area contributed by atoms with Gasteiger partial charge in [-0.05, 0) is 36.2 Å². The van der Waals surface area contributed by atoms with Gasteiger partial charge in [0.15, 0.2) is 5.82 Å². The van der Waals surface area contributed by atoms with Crippen molar-refractivity contribution < 1.29 is 9.32 Å². The molecule has 3 aromatic rings. The molecule has 1 amide bonds. The minimum atomic E-state index is -0.0889. The highest BCUT2D eigenvalue weighted by molar-refractivity contribution is 7.13. The largest absolute Gasteiger partial charge is 0.348 e. The maximum Gasteiger partial charge on any atom is 0.268 e. The first kappa shape index (κ1) is 16.3. The Kier molecular flexibility index (Phi) is 5.29. The van der Waals surface area contributed by atoms with E-state index < -0.39 is 0 Å². The predicted molar refractivity (Wildman–Crippen MR) is 90.0 cm³/mol. The highest BCUT2D eigenvalue weighted by Crippen LogP contribution is 2.22. The molecule has 0 radical (unpaired) electrons. The predicted octanol–water partition coefficient (Wildman–Crippen LogP) is 1.94. The third kappa shape index (κ3) is 4.46. The molecule has 1 N–H and O–H groups in total. The van der Waals surface area contributed by atoms with Crippen LogP contribution in [0.5, 0.6) is 0 Å². The van der Waals surface area contributed by atoms with Crippen molar-refractivity contribution in [1.29, 1.82) is 0 Å². The number of carbonyl (C=O) groups excluding carboxylic acids is 1. The standard InChI is InChI=1S/C16H17N5O2S/c1-21(10-12-4-6-17-7-5-12)11-15(22)18-9-14-19-16(23-20-14)13-3-2-8-24-13/h2-8H,9-11H2,1H3,(H,18,22). The number of pyridine rings is 1. The number of likely N-dealkylation sites (N-methyl/N-ethyl adjacent to an activating group) is 1. The average molecular weight is 343 g/mol. The molecule has 0 aromatic carbocycles. The molecule has 3 heterocycles. The fraction of sp³-hybridized carbons (Fsp3) is 0.250. The molecule has 0 unspecified atom stereocenters. The Labute approximate surface area is 143 Å². The van der Waals surface area contributed by atoms with Crippen molar-refractivity contribution in [2.45, 2.75) is 13.1 Å². The Bertz CT molecular complexity index is 773. The van der Waals surface area contributed by atoms with E-state index in [9.17, 15) is 4.79 Å². The zero-order valence-electron chi connectivity index (χ0n) is 13.2. The lowest BCUT2D eigenvalue weighted by Gasteiger charge is -2.15. The van der Waals surface area contributed by atoms with Crippen LogP contribution in [0.2, 0.25) is 0 Å². The van der Waals surface area contributed by atoms with E-state index in [-0.39, 0.29) is 19.0 Å². The second-order valence-corrected chi connectivity index (χ2v) is 6.25. The number of nitrogens with one attached hydrogen (secondary N) is 1. The van der Waals surface area contributed by atoms with Crippen LogP contribution < -0.4 is 5.32 Å². The van der Waals surface area contributed by atoms with Crippen molar-refractivity contribution in [3.8, 4) is 10.8 Å². The maximum atomic E-state index is 12.0. The van der Waals surface area contributed by atoms with Crippen molar-refractivity contribution in [3.63, 3.8) is 0 Å². The smallest absolute Gasteiger partial charge is 0.268 e. The molecule has 0 spiro atoms. The normalized spacial score (nSPS) is 10.9. The van der Waals surface area contributed by atoms with Crippen LogP contribution in [0.25, 0.3) is 10.8 Å². The molecule has 0 bridgehead atoms. The molecule has 0 aliphatic heterocycles. The Morgan fingerprint density at radius 2 is 2.17 bits per heavy atom. The highest BCUT2D eigenvalue weighted by Gasteiger charge is 2.11. The number of thiophene rings is 1. The second-order valence-electron chi connectivity index (χ2n) is 5.30. The quantitative estimate of drug-likeness (QED) is 0.706. The Morgan fingerprint density at radius 3 is 2.92 bits per heavy atom. The number of hydrogen-bond acceptors (Lipinski definition) is 7.